The van der Waals surface area contributed by atoms with E-state index in [4.69, 9.17) is 0 Å². The number of carbonyl (C=O) groups excluding carboxylic acids is 1. The van der Waals surface area contributed by atoms with Crippen LogP contribution >= 0.6 is 0 Å². The Bertz CT molecular complexity index is 1030. The number of aryl methyl sites for hydroxylation is 2. The lowest BCUT2D eigenvalue weighted by Gasteiger charge is -2.23. The Labute approximate surface area is 162 Å². The normalized spacial score (nSPS) is 11.4. The van der Waals surface area contributed by atoms with Gasteiger partial charge in [-0.3, -0.25) is 19.2 Å². The lowest BCUT2D eigenvalue weighted by Crippen LogP contribution is -2.39. The summed E-state index contributed by atoms with van der Waals surface area (Å²) < 4.78 is 25.3. The maximum absolute atomic E-state index is 12.2. The molecule has 1 amide bonds. The van der Waals surface area contributed by atoms with E-state index >= 15 is 0 Å². The maximum Gasteiger partial charge on any atom is 0.278 e. The first-order chi connectivity index (χ1) is 13.1. The average molecular weight is 404 g/mol. The Kier molecular flexibility index (Phi) is 6.47. The molecule has 0 aromatic heterocycles. The van der Waals surface area contributed by atoms with Crippen LogP contribution in [0.25, 0.3) is 0 Å². The van der Waals surface area contributed by atoms with Gasteiger partial charge in [0.15, 0.2) is 0 Å². The smallest absolute Gasteiger partial charge is 0.271 e. The molecule has 0 unspecified atom stereocenters. The number of nitrogens with one attached hydrogen (secondary N) is 1. The van der Waals surface area contributed by atoms with E-state index in [9.17, 15) is 23.3 Å². The van der Waals surface area contributed by atoms with Crippen molar-refractivity contribution in [2.75, 3.05) is 17.1 Å². The van der Waals surface area contributed by atoms with E-state index in [1.807, 2.05) is 13.0 Å². The summed E-state index contributed by atoms with van der Waals surface area (Å²) in [6.07, 6.45) is 2.15. The van der Waals surface area contributed by atoms with Gasteiger partial charge in [-0.2, -0.15) is 5.10 Å². The zero-order valence-electron chi connectivity index (χ0n) is 15.6. The molecule has 9 nitrogen and oxygen atoms in total. The van der Waals surface area contributed by atoms with Crippen molar-refractivity contribution in [3.63, 3.8) is 0 Å². The van der Waals surface area contributed by atoms with Crippen molar-refractivity contribution in [3.05, 3.63) is 69.3 Å². The number of benzene rings is 2. The van der Waals surface area contributed by atoms with Gasteiger partial charge in [-0.05, 0) is 37.1 Å². The maximum atomic E-state index is 12.2. The van der Waals surface area contributed by atoms with Crippen LogP contribution in [0.4, 0.5) is 11.4 Å². The third kappa shape index (κ3) is 5.36. The summed E-state index contributed by atoms with van der Waals surface area (Å²) >= 11 is 0. The van der Waals surface area contributed by atoms with Crippen molar-refractivity contribution >= 4 is 33.5 Å². The minimum atomic E-state index is -3.72. The van der Waals surface area contributed by atoms with Gasteiger partial charge >= 0.3 is 0 Å². The van der Waals surface area contributed by atoms with Gasteiger partial charge in [-0.25, -0.2) is 13.8 Å². The molecule has 0 fully saturated rings. The summed E-state index contributed by atoms with van der Waals surface area (Å²) in [4.78, 5) is 22.6. The van der Waals surface area contributed by atoms with Crippen LogP contribution in [0.3, 0.4) is 0 Å². The lowest BCUT2D eigenvalue weighted by atomic mass is 10.1. The highest BCUT2D eigenvalue weighted by molar-refractivity contribution is 7.92. The summed E-state index contributed by atoms with van der Waals surface area (Å²) in [7, 11) is -3.72. The zero-order valence-corrected chi connectivity index (χ0v) is 16.4. The quantitative estimate of drug-likeness (QED) is 0.430. The highest BCUT2D eigenvalue weighted by Gasteiger charge is 2.22. The first-order valence-electron chi connectivity index (χ1n) is 8.20. The fourth-order valence-corrected chi connectivity index (χ4v) is 3.38. The van der Waals surface area contributed by atoms with Crippen LogP contribution < -0.4 is 9.73 Å². The second-order valence-electron chi connectivity index (χ2n) is 6.17. The summed E-state index contributed by atoms with van der Waals surface area (Å²) in [6.45, 7) is 3.09. The van der Waals surface area contributed by atoms with Crippen LogP contribution in [0.5, 0.6) is 0 Å². The topological polar surface area (TPSA) is 122 Å². The molecule has 0 atom stereocenters. The SMILES string of the molecule is Cc1ccc(C)c(N(CC(=O)NN=Cc2ccccc2[N+](=O)[O-])S(C)(=O)=O)c1. The van der Waals surface area contributed by atoms with Gasteiger partial charge in [0.1, 0.15) is 6.54 Å². The number of nitrogens with zero attached hydrogens (tertiary/aromatic N) is 3. The molecule has 0 heterocycles. The molecule has 28 heavy (non-hydrogen) atoms. The molecular weight excluding hydrogens is 384 g/mol. The van der Waals surface area contributed by atoms with E-state index in [2.05, 4.69) is 10.5 Å². The molecule has 0 aliphatic carbocycles. The van der Waals surface area contributed by atoms with E-state index in [1.165, 1.54) is 18.2 Å². The molecule has 0 aliphatic heterocycles. The minimum absolute atomic E-state index is 0.159. The fourth-order valence-electron chi connectivity index (χ4n) is 2.47. The number of nitro benzene ring substituents is 1. The second-order valence-corrected chi connectivity index (χ2v) is 8.08. The molecule has 10 heteroatoms. The number of hydrogen-bond donors (Lipinski definition) is 1. The Morgan fingerprint density at radius 1 is 1.25 bits per heavy atom. The van der Waals surface area contributed by atoms with Crippen LogP contribution in [-0.4, -0.2) is 38.3 Å². The van der Waals surface area contributed by atoms with Crippen molar-refractivity contribution in [1.29, 1.82) is 0 Å². The first kappa shape index (κ1) is 21.0. The molecule has 0 spiro atoms. The number of para-hydroxylation sites is 1. The first-order valence-corrected chi connectivity index (χ1v) is 10.0. The average Bonchev–Trinajstić information content (AvgIpc) is 2.61. The lowest BCUT2D eigenvalue weighted by molar-refractivity contribution is -0.385. The highest BCUT2D eigenvalue weighted by atomic mass is 32.2. The minimum Gasteiger partial charge on any atom is -0.271 e. The number of nitro groups is 1. The number of hydrogen-bond acceptors (Lipinski definition) is 6. The van der Waals surface area contributed by atoms with E-state index < -0.39 is 27.4 Å². The van der Waals surface area contributed by atoms with E-state index in [-0.39, 0.29) is 11.3 Å². The number of rotatable bonds is 7. The van der Waals surface area contributed by atoms with Crippen LogP contribution in [-0.2, 0) is 14.8 Å². The summed E-state index contributed by atoms with van der Waals surface area (Å²) in [5, 5.41) is 14.7. The molecule has 0 bridgehead atoms. The molecule has 0 aliphatic rings. The fraction of sp³-hybridized carbons (Fsp3) is 0.222. The molecule has 2 aromatic carbocycles. The van der Waals surface area contributed by atoms with Crippen molar-refractivity contribution < 1.29 is 18.1 Å². The largest absolute Gasteiger partial charge is 0.278 e. The van der Waals surface area contributed by atoms with Crippen molar-refractivity contribution in [2.24, 2.45) is 5.10 Å². The van der Waals surface area contributed by atoms with Crippen LogP contribution in [0.1, 0.15) is 16.7 Å². The van der Waals surface area contributed by atoms with Crippen molar-refractivity contribution in [1.82, 2.24) is 5.43 Å². The standard InChI is InChI=1S/C18H20N4O5S/c1-13-8-9-14(2)17(10-13)21(28(3,26)27)12-18(23)20-19-11-15-6-4-5-7-16(15)22(24)25/h4-11H,12H2,1-3H3,(H,20,23). The van der Waals surface area contributed by atoms with E-state index in [1.54, 1.807) is 25.1 Å². The summed E-state index contributed by atoms with van der Waals surface area (Å²) in [6, 6.07) is 11.2. The third-order valence-electron chi connectivity index (χ3n) is 3.85. The molecule has 0 saturated heterocycles. The van der Waals surface area contributed by atoms with Gasteiger partial charge in [0.2, 0.25) is 10.0 Å². The molecule has 2 aromatic rings. The molecule has 1 N–H and O–H groups in total. The molecule has 2 rings (SSSR count). The Morgan fingerprint density at radius 3 is 2.57 bits per heavy atom. The third-order valence-corrected chi connectivity index (χ3v) is 4.97. The second kappa shape index (κ2) is 8.61. The van der Waals surface area contributed by atoms with Gasteiger partial charge in [-0.1, -0.05) is 24.3 Å². The van der Waals surface area contributed by atoms with Crippen LogP contribution in [0.2, 0.25) is 0 Å². The number of sulfonamides is 1. The highest BCUT2D eigenvalue weighted by Crippen LogP contribution is 2.23. The Morgan fingerprint density at radius 2 is 1.93 bits per heavy atom. The molecule has 0 radical (unpaired) electrons. The van der Waals surface area contributed by atoms with Crippen LogP contribution in [0.15, 0.2) is 47.6 Å². The van der Waals surface area contributed by atoms with Gasteiger partial charge in [-0.15, -0.1) is 0 Å². The van der Waals surface area contributed by atoms with E-state index in [0.29, 0.717) is 11.3 Å². The summed E-state index contributed by atoms with van der Waals surface area (Å²) in [5.74, 6) is -0.679. The van der Waals surface area contributed by atoms with Crippen molar-refractivity contribution in [3.8, 4) is 0 Å². The predicted molar refractivity (Wildman–Crippen MR) is 107 cm³/mol. The van der Waals surface area contributed by atoms with E-state index in [0.717, 1.165) is 22.3 Å². The Hall–Kier alpha value is -3.27. The van der Waals surface area contributed by atoms with Gasteiger partial charge in [0, 0.05) is 6.07 Å². The molecular formula is C18H20N4O5S. The van der Waals surface area contributed by atoms with Gasteiger partial charge in [0.05, 0.1) is 28.6 Å². The van der Waals surface area contributed by atoms with Crippen molar-refractivity contribution in [2.45, 2.75) is 13.8 Å². The monoisotopic (exact) mass is 404 g/mol. The predicted octanol–water partition coefficient (Wildman–Crippen LogP) is 2.13. The zero-order chi connectivity index (χ0) is 20.9. The number of amides is 1. The number of hydrazone groups is 1. The van der Waals surface area contributed by atoms with Gasteiger partial charge in [0.25, 0.3) is 11.6 Å². The number of carbonyl (C=O) groups is 1. The summed E-state index contributed by atoms with van der Waals surface area (Å²) in [5.41, 5.74) is 4.21. The van der Waals surface area contributed by atoms with Crippen LogP contribution in [0, 0.1) is 24.0 Å². The molecule has 148 valence electrons. The number of anilines is 1. The van der Waals surface area contributed by atoms with Gasteiger partial charge < -0.3 is 0 Å². The Balaban J connectivity index is 2.17. The molecule has 0 saturated carbocycles.